The van der Waals surface area contributed by atoms with E-state index in [4.69, 9.17) is 27.4 Å². The lowest BCUT2D eigenvalue weighted by atomic mass is 10.1. The molecule has 37 heavy (non-hydrogen) atoms. The number of aliphatic carboxylic acids is 1. The van der Waals surface area contributed by atoms with Crippen molar-refractivity contribution in [2.75, 3.05) is 13.2 Å². The van der Waals surface area contributed by atoms with Crippen LogP contribution in [-0.4, -0.2) is 100 Å². The number of hydrogen-bond donors (Lipinski definition) is 10. The van der Waals surface area contributed by atoms with E-state index < -0.39 is 78.4 Å². The summed E-state index contributed by atoms with van der Waals surface area (Å²) in [6, 6.07) is -6.76. The van der Waals surface area contributed by atoms with E-state index in [2.05, 4.69) is 16.0 Å². The molecule has 0 heterocycles. The Kier molecular flexibility index (Phi) is 15.6. The second kappa shape index (κ2) is 17.2. The number of carbonyl (C=O) groups is 6. The van der Waals surface area contributed by atoms with Gasteiger partial charge in [0.2, 0.25) is 29.5 Å². The minimum atomic E-state index is -1.67. The highest BCUT2D eigenvalue weighted by Gasteiger charge is 2.32. The molecule has 5 amide bonds. The quantitative estimate of drug-likeness (QED) is 0.0745. The van der Waals surface area contributed by atoms with E-state index in [-0.39, 0.29) is 12.8 Å². The van der Waals surface area contributed by atoms with Gasteiger partial charge in [-0.25, -0.2) is 4.79 Å². The normalized spacial score (nSPS) is 15.7. The highest BCUT2D eigenvalue weighted by molar-refractivity contribution is 5.95. The molecule has 16 heteroatoms. The van der Waals surface area contributed by atoms with Crippen molar-refractivity contribution in [3.63, 3.8) is 0 Å². The van der Waals surface area contributed by atoms with Crippen molar-refractivity contribution in [2.45, 2.75) is 82.3 Å². The van der Waals surface area contributed by atoms with Crippen molar-refractivity contribution in [3.8, 4) is 0 Å². The highest BCUT2D eigenvalue weighted by atomic mass is 16.4. The molecular formula is C21H39N7O9. The van der Waals surface area contributed by atoms with Crippen LogP contribution < -0.4 is 38.5 Å². The lowest BCUT2D eigenvalue weighted by molar-refractivity contribution is -0.144. The minimum Gasteiger partial charge on any atom is -0.480 e. The Morgan fingerprint density at radius 3 is 1.89 bits per heavy atom. The summed E-state index contributed by atoms with van der Waals surface area (Å²) in [7, 11) is 0. The Bertz CT molecular complexity index is 809. The second-order valence-electron chi connectivity index (χ2n) is 8.50. The molecule has 6 atom stereocenters. The molecule has 0 fully saturated rings. The third-order valence-corrected chi connectivity index (χ3v) is 5.23. The average molecular weight is 534 g/mol. The predicted octanol–water partition coefficient (Wildman–Crippen LogP) is -4.88. The molecule has 0 aromatic heterocycles. The summed E-state index contributed by atoms with van der Waals surface area (Å²) in [5.74, 6) is -5.76. The molecule has 0 saturated heterocycles. The van der Waals surface area contributed by atoms with Gasteiger partial charge >= 0.3 is 5.97 Å². The van der Waals surface area contributed by atoms with Crippen molar-refractivity contribution in [3.05, 3.63) is 0 Å². The summed E-state index contributed by atoms with van der Waals surface area (Å²) < 4.78 is 0. The Morgan fingerprint density at radius 2 is 1.41 bits per heavy atom. The molecule has 0 bridgehead atoms. The van der Waals surface area contributed by atoms with Crippen LogP contribution >= 0.6 is 0 Å². The second-order valence-corrected chi connectivity index (χ2v) is 8.50. The Morgan fingerprint density at radius 1 is 0.811 bits per heavy atom. The molecule has 0 aromatic carbocycles. The third kappa shape index (κ3) is 13.0. The van der Waals surface area contributed by atoms with Crippen LogP contribution in [0.15, 0.2) is 0 Å². The van der Waals surface area contributed by atoms with Crippen LogP contribution in [0, 0.1) is 0 Å². The van der Waals surface area contributed by atoms with Crippen LogP contribution in [0.25, 0.3) is 0 Å². The van der Waals surface area contributed by atoms with Crippen molar-refractivity contribution >= 4 is 35.5 Å². The fourth-order valence-electron chi connectivity index (χ4n) is 2.98. The van der Waals surface area contributed by atoms with Crippen molar-refractivity contribution in [1.29, 1.82) is 0 Å². The molecule has 0 unspecified atom stereocenters. The van der Waals surface area contributed by atoms with Gasteiger partial charge in [0.15, 0.2) is 0 Å². The first-order valence-corrected chi connectivity index (χ1v) is 11.7. The van der Waals surface area contributed by atoms with Crippen LogP contribution in [0.3, 0.4) is 0 Å². The number of aliphatic hydroxyl groups is 2. The first-order valence-electron chi connectivity index (χ1n) is 11.7. The molecule has 0 spiro atoms. The van der Waals surface area contributed by atoms with Crippen LogP contribution in [0.1, 0.15) is 46.0 Å². The van der Waals surface area contributed by atoms with Crippen molar-refractivity contribution < 1.29 is 44.1 Å². The SMILES string of the molecule is C[C@H](NC(=O)[C@H](CCC(N)=O)NC(=O)[C@@H](N)CCCCN)C(=O)N[C@H](C(=O)N[C@@H](CO)C(=O)O)[C@@H](C)O. The molecule has 16 nitrogen and oxygen atoms in total. The van der Waals surface area contributed by atoms with Crippen molar-refractivity contribution in [1.82, 2.24) is 21.3 Å². The van der Waals surface area contributed by atoms with Gasteiger partial charge in [-0.05, 0) is 39.7 Å². The van der Waals surface area contributed by atoms with Gasteiger partial charge < -0.3 is 53.8 Å². The standard InChI is InChI=1S/C21H39N7O9/c1-10(17(32)28-16(11(2)30)20(35)27-14(9-29)21(36)37)25-19(34)13(6-7-15(24)31)26-18(33)12(23)5-3-4-8-22/h10-14,16,29-30H,3-9,22-23H2,1-2H3,(H2,24,31)(H,25,34)(H,26,33)(H,27,35)(H,28,32)(H,36,37)/t10-,11+,12-,13-,14-,16-/m0/s1. The zero-order chi connectivity index (χ0) is 28.7. The summed E-state index contributed by atoms with van der Waals surface area (Å²) in [5.41, 5.74) is 16.4. The number of unbranched alkanes of at least 4 members (excludes halogenated alkanes) is 1. The number of primary amides is 1. The molecule has 212 valence electrons. The Labute approximate surface area is 214 Å². The Hall–Kier alpha value is -3.34. The summed E-state index contributed by atoms with van der Waals surface area (Å²) in [6.45, 7) is 1.92. The van der Waals surface area contributed by atoms with E-state index in [0.29, 0.717) is 25.8 Å². The summed E-state index contributed by atoms with van der Waals surface area (Å²) >= 11 is 0. The third-order valence-electron chi connectivity index (χ3n) is 5.23. The molecule has 0 radical (unpaired) electrons. The average Bonchev–Trinajstić information content (AvgIpc) is 2.82. The van der Waals surface area contributed by atoms with Gasteiger partial charge in [0.1, 0.15) is 24.2 Å². The number of amides is 5. The van der Waals surface area contributed by atoms with Crippen molar-refractivity contribution in [2.24, 2.45) is 17.2 Å². The van der Waals surface area contributed by atoms with Gasteiger partial charge in [0.05, 0.1) is 18.8 Å². The maximum absolute atomic E-state index is 12.8. The molecule has 0 saturated carbocycles. The number of hydrogen-bond acceptors (Lipinski definition) is 10. The van der Waals surface area contributed by atoms with Gasteiger partial charge in [-0.1, -0.05) is 6.42 Å². The van der Waals surface area contributed by atoms with Gasteiger partial charge in [-0.15, -0.1) is 0 Å². The highest BCUT2D eigenvalue weighted by Crippen LogP contribution is 2.03. The van der Waals surface area contributed by atoms with E-state index in [1.807, 2.05) is 5.32 Å². The maximum Gasteiger partial charge on any atom is 0.328 e. The zero-order valence-corrected chi connectivity index (χ0v) is 20.9. The number of rotatable bonds is 18. The minimum absolute atomic E-state index is 0.173. The van der Waals surface area contributed by atoms with E-state index in [1.165, 1.54) is 6.92 Å². The molecule has 13 N–H and O–H groups in total. The summed E-state index contributed by atoms with van der Waals surface area (Å²) in [5, 5.41) is 36.8. The lowest BCUT2D eigenvalue weighted by Gasteiger charge is -2.25. The molecule has 0 aromatic rings. The first-order chi connectivity index (χ1) is 17.2. The molecule has 0 aliphatic heterocycles. The zero-order valence-electron chi connectivity index (χ0n) is 20.9. The van der Waals surface area contributed by atoms with Crippen LogP contribution in [0.2, 0.25) is 0 Å². The lowest BCUT2D eigenvalue weighted by Crippen LogP contribution is -2.60. The van der Waals surface area contributed by atoms with E-state index in [1.54, 1.807) is 0 Å². The molecule has 0 aliphatic rings. The number of aliphatic hydroxyl groups excluding tert-OH is 2. The number of nitrogens with one attached hydrogen (secondary N) is 4. The topological polar surface area (TPSA) is 289 Å². The van der Waals surface area contributed by atoms with E-state index in [0.717, 1.165) is 6.92 Å². The Balaban J connectivity index is 5.29. The summed E-state index contributed by atoms with van der Waals surface area (Å²) in [6.07, 6.45) is -0.336. The van der Waals surface area contributed by atoms with E-state index in [9.17, 15) is 33.9 Å². The fourth-order valence-corrected chi connectivity index (χ4v) is 2.98. The molecule has 0 rings (SSSR count). The number of carbonyl (C=O) groups excluding carboxylic acids is 5. The summed E-state index contributed by atoms with van der Waals surface area (Å²) in [4.78, 5) is 72.3. The van der Waals surface area contributed by atoms with Gasteiger partial charge in [-0.2, -0.15) is 0 Å². The fraction of sp³-hybridized carbons (Fsp3) is 0.714. The van der Waals surface area contributed by atoms with Crippen LogP contribution in [0.4, 0.5) is 0 Å². The number of nitrogens with two attached hydrogens (primary N) is 3. The van der Waals surface area contributed by atoms with Gasteiger partial charge in [0, 0.05) is 6.42 Å². The monoisotopic (exact) mass is 533 g/mol. The largest absolute Gasteiger partial charge is 0.480 e. The number of carboxylic acid groups (broad SMARTS) is 1. The maximum atomic E-state index is 12.8. The van der Waals surface area contributed by atoms with Gasteiger partial charge in [-0.3, -0.25) is 24.0 Å². The van der Waals surface area contributed by atoms with Crippen LogP contribution in [-0.2, 0) is 28.8 Å². The van der Waals surface area contributed by atoms with Crippen LogP contribution in [0.5, 0.6) is 0 Å². The smallest absolute Gasteiger partial charge is 0.328 e. The van der Waals surface area contributed by atoms with Gasteiger partial charge in [0.25, 0.3) is 0 Å². The first kappa shape index (κ1) is 33.7. The molecule has 0 aliphatic carbocycles. The molecular weight excluding hydrogens is 494 g/mol. The van der Waals surface area contributed by atoms with E-state index >= 15 is 0 Å². The predicted molar refractivity (Wildman–Crippen MR) is 129 cm³/mol. The number of carboxylic acids is 1.